The van der Waals surface area contributed by atoms with E-state index in [2.05, 4.69) is 15.3 Å². The van der Waals surface area contributed by atoms with Crippen LogP contribution in [0.2, 0.25) is 0 Å². The van der Waals surface area contributed by atoms with E-state index in [1.807, 2.05) is 24.3 Å². The van der Waals surface area contributed by atoms with Crippen LogP contribution in [-0.4, -0.2) is 35.0 Å². The Bertz CT molecular complexity index is 1050. The fraction of sp³-hybridized carbons (Fsp3) is 0.182. The number of carbonyl (C=O) groups excluding carboxylic acids is 2. The number of esters is 1. The summed E-state index contributed by atoms with van der Waals surface area (Å²) in [5, 5.41) is 3.13. The molecule has 1 amide bonds. The van der Waals surface area contributed by atoms with Crippen molar-refractivity contribution in [3.63, 3.8) is 0 Å². The second kappa shape index (κ2) is 8.10. The molecule has 29 heavy (non-hydrogen) atoms. The first kappa shape index (κ1) is 18.6. The molecule has 2 heterocycles. The van der Waals surface area contributed by atoms with Crippen LogP contribution in [0.3, 0.4) is 0 Å². The van der Waals surface area contributed by atoms with Gasteiger partial charge in [0, 0.05) is 24.0 Å². The van der Waals surface area contributed by atoms with Crippen LogP contribution in [0, 0.1) is 0 Å². The van der Waals surface area contributed by atoms with Crippen LogP contribution >= 0.6 is 0 Å². The molecule has 0 aliphatic carbocycles. The molecule has 1 N–H and O–H groups in total. The molecule has 1 aliphatic heterocycles. The summed E-state index contributed by atoms with van der Waals surface area (Å²) in [6.45, 7) is 2.74. The van der Waals surface area contributed by atoms with Crippen LogP contribution in [0.25, 0.3) is 0 Å². The zero-order valence-electron chi connectivity index (χ0n) is 16.0. The zero-order chi connectivity index (χ0) is 20.2. The van der Waals surface area contributed by atoms with E-state index < -0.39 is 0 Å². The van der Waals surface area contributed by atoms with Crippen LogP contribution in [0.4, 0.5) is 17.2 Å². The van der Waals surface area contributed by atoms with E-state index in [-0.39, 0.29) is 11.9 Å². The van der Waals surface area contributed by atoms with Crippen LogP contribution in [0.5, 0.6) is 0 Å². The van der Waals surface area contributed by atoms with Gasteiger partial charge in [-0.25, -0.2) is 14.8 Å². The smallest absolute Gasteiger partial charge is 0.338 e. The maximum Gasteiger partial charge on any atom is 0.338 e. The van der Waals surface area contributed by atoms with Crippen LogP contribution in [0.15, 0.2) is 60.9 Å². The zero-order valence-corrected chi connectivity index (χ0v) is 16.0. The maximum absolute atomic E-state index is 13.0. The minimum absolute atomic E-state index is 0.155. The number of ether oxygens (including phenoxy) is 1. The number of fused-ring (bicyclic) bond motifs is 1. The highest BCUT2D eigenvalue weighted by atomic mass is 16.5. The summed E-state index contributed by atoms with van der Waals surface area (Å²) in [4.78, 5) is 34.8. The number of amides is 1. The molecule has 7 nitrogen and oxygen atoms in total. The standard InChI is InChI=1S/C22H20N4O3/c1-2-29-22(28)16-7-9-17(10-8-16)25-20-13-18(23-14-24-20)21(27)26-12-11-15-5-3-4-6-19(15)26/h3-10,13-14H,2,11-12H2,1H3,(H,23,24,25). The lowest BCUT2D eigenvalue weighted by molar-refractivity contribution is 0.0526. The normalized spacial score (nSPS) is 12.4. The Morgan fingerprint density at radius 2 is 1.90 bits per heavy atom. The minimum atomic E-state index is -0.361. The molecule has 3 aromatic rings. The van der Waals surface area contributed by atoms with Gasteiger partial charge in [-0.1, -0.05) is 18.2 Å². The molecule has 0 atom stereocenters. The summed E-state index contributed by atoms with van der Waals surface area (Å²) in [7, 11) is 0. The van der Waals surface area contributed by atoms with Crippen LogP contribution in [0.1, 0.15) is 33.3 Å². The Balaban J connectivity index is 1.49. The van der Waals surface area contributed by atoms with E-state index >= 15 is 0 Å². The lowest BCUT2D eigenvalue weighted by atomic mass is 10.2. The van der Waals surface area contributed by atoms with E-state index in [1.165, 1.54) is 6.33 Å². The number of nitrogens with zero attached hydrogens (tertiary/aromatic N) is 3. The van der Waals surface area contributed by atoms with Crippen molar-refractivity contribution in [2.24, 2.45) is 0 Å². The van der Waals surface area contributed by atoms with E-state index in [0.717, 1.165) is 23.4 Å². The topological polar surface area (TPSA) is 84.4 Å². The molecule has 1 aliphatic rings. The van der Waals surface area contributed by atoms with Gasteiger partial charge < -0.3 is 15.0 Å². The predicted octanol–water partition coefficient (Wildman–Crippen LogP) is 3.60. The second-order valence-corrected chi connectivity index (χ2v) is 6.55. The molecule has 0 fully saturated rings. The van der Waals surface area contributed by atoms with Gasteiger partial charge in [0.2, 0.25) is 0 Å². The number of para-hydroxylation sites is 1. The summed E-state index contributed by atoms with van der Waals surface area (Å²) >= 11 is 0. The van der Waals surface area contributed by atoms with Crippen molar-refractivity contribution in [1.82, 2.24) is 9.97 Å². The van der Waals surface area contributed by atoms with Crippen molar-refractivity contribution >= 4 is 29.1 Å². The Hall–Kier alpha value is -3.74. The van der Waals surface area contributed by atoms with Crippen molar-refractivity contribution in [2.45, 2.75) is 13.3 Å². The fourth-order valence-electron chi connectivity index (χ4n) is 3.28. The van der Waals surface area contributed by atoms with Gasteiger partial charge in [-0.3, -0.25) is 4.79 Å². The number of aromatic nitrogens is 2. The Morgan fingerprint density at radius 3 is 2.69 bits per heavy atom. The molecule has 0 saturated carbocycles. The van der Waals surface area contributed by atoms with Gasteiger partial charge in [-0.05, 0) is 49.2 Å². The molecule has 146 valence electrons. The van der Waals surface area contributed by atoms with Gasteiger partial charge in [-0.15, -0.1) is 0 Å². The minimum Gasteiger partial charge on any atom is -0.462 e. The highest BCUT2D eigenvalue weighted by molar-refractivity contribution is 6.06. The van der Waals surface area contributed by atoms with E-state index in [0.29, 0.717) is 30.2 Å². The maximum atomic E-state index is 13.0. The number of benzene rings is 2. The Kier molecular flexibility index (Phi) is 5.20. The van der Waals surface area contributed by atoms with Gasteiger partial charge >= 0.3 is 5.97 Å². The molecule has 4 rings (SSSR count). The van der Waals surface area contributed by atoms with Gasteiger partial charge in [0.05, 0.1) is 12.2 Å². The van der Waals surface area contributed by atoms with E-state index in [1.54, 1.807) is 42.2 Å². The lowest BCUT2D eigenvalue weighted by Gasteiger charge is -2.17. The molecular formula is C22H20N4O3. The SMILES string of the molecule is CCOC(=O)c1ccc(Nc2cc(C(=O)N3CCc4ccccc43)ncn2)cc1. The van der Waals surface area contributed by atoms with Crippen molar-refractivity contribution < 1.29 is 14.3 Å². The van der Waals surface area contributed by atoms with Crippen molar-refractivity contribution in [3.8, 4) is 0 Å². The summed E-state index contributed by atoms with van der Waals surface area (Å²) in [5.74, 6) is -0.0161. The molecule has 2 aromatic carbocycles. The molecule has 1 aromatic heterocycles. The molecule has 7 heteroatoms. The van der Waals surface area contributed by atoms with Crippen LogP contribution < -0.4 is 10.2 Å². The second-order valence-electron chi connectivity index (χ2n) is 6.55. The molecule has 0 spiro atoms. The molecule has 0 radical (unpaired) electrons. The fourth-order valence-corrected chi connectivity index (χ4v) is 3.28. The van der Waals surface area contributed by atoms with Crippen LogP contribution in [-0.2, 0) is 11.2 Å². The Labute approximate surface area is 168 Å². The van der Waals surface area contributed by atoms with E-state index in [4.69, 9.17) is 4.74 Å². The van der Waals surface area contributed by atoms with Crippen molar-refractivity contribution in [2.75, 3.05) is 23.4 Å². The number of hydrogen-bond acceptors (Lipinski definition) is 6. The molecule has 0 bridgehead atoms. The van der Waals surface area contributed by atoms with Crippen molar-refractivity contribution in [1.29, 1.82) is 0 Å². The number of anilines is 3. The summed E-state index contributed by atoms with van der Waals surface area (Å²) < 4.78 is 4.98. The quantitative estimate of drug-likeness (QED) is 0.673. The van der Waals surface area contributed by atoms with Gasteiger partial charge in [0.1, 0.15) is 17.8 Å². The van der Waals surface area contributed by atoms with Gasteiger partial charge in [0.15, 0.2) is 0 Å². The highest BCUT2D eigenvalue weighted by Gasteiger charge is 2.26. The average Bonchev–Trinajstić information content (AvgIpc) is 3.18. The van der Waals surface area contributed by atoms with Crippen molar-refractivity contribution in [3.05, 3.63) is 77.7 Å². The number of carbonyl (C=O) groups is 2. The Morgan fingerprint density at radius 1 is 1.10 bits per heavy atom. The highest BCUT2D eigenvalue weighted by Crippen LogP contribution is 2.28. The molecule has 0 saturated heterocycles. The summed E-state index contributed by atoms with van der Waals surface area (Å²) in [6.07, 6.45) is 2.20. The summed E-state index contributed by atoms with van der Waals surface area (Å²) in [5.41, 5.74) is 3.63. The summed E-state index contributed by atoms with van der Waals surface area (Å²) in [6, 6.07) is 16.4. The monoisotopic (exact) mass is 388 g/mol. The average molecular weight is 388 g/mol. The third kappa shape index (κ3) is 3.94. The van der Waals surface area contributed by atoms with Gasteiger partial charge in [-0.2, -0.15) is 0 Å². The molecular weight excluding hydrogens is 368 g/mol. The first-order valence-corrected chi connectivity index (χ1v) is 9.41. The first-order valence-electron chi connectivity index (χ1n) is 9.41. The number of rotatable bonds is 5. The molecule has 0 unspecified atom stereocenters. The predicted molar refractivity (Wildman–Crippen MR) is 110 cm³/mol. The third-order valence-electron chi connectivity index (χ3n) is 4.69. The lowest BCUT2D eigenvalue weighted by Crippen LogP contribution is -2.29. The number of hydrogen-bond donors (Lipinski definition) is 1. The van der Waals surface area contributed by atoms with E-state index in [9.17, 15) is 9.59 Å². The van der Waals surface area contributed by atoms with Gasteiger partial charge in [0.25, 0.3) is 5.91 Å². The third-order valence-corrected chi connectivity index (χ3v) is 4.69. The first-order chi connectivity index (χ1) is 14.2. The number of nitrogens with one attached hydrogen (secondary N) is 1. The largest absolute Gasteiger partial charge is 0.462 e.